The van der Waals surface area contributed by atoms with Gasteiger partial charge in [0.05, 0.1) is 0 Å². The van der Waals surface area contributed by atoms with Crippen molar-refractivity contribution in [2.24, 2.45) is 0 Å². The molecule has 1 unspecified atom stereocenters. The second-order valence-corrected chi connectivity index (χ2v) is 21.3. The van der Waals surface area contributed by atoms with Gasteiger partial charge in [0.2, 0.25) is 0 Å². The maximum atomic E-state index is 12.9. The summed E-state index contributed by atoms with van der Waals surface area (Å²) in [6.45, 7) is 6.51. The van der Waals surface area contributed by atoms with Crippen molar-refractivity contribution in [1.82, 2.24) is 0 Å². The second-order valence-electron chi connectivity index (χ2n) is 21.3. The average Bonchev–Trinajstić information content (AvgIpc) is 3.41. The average molecular weight is 1050 g/mol. The van der Waals surface area contributed by atoms with Gasteiger partial charge in [0, 0.05) is 19.3 Å². The number of rotatable bonds is 58. The third-order valence-corrected chi connectivity index (χ3v) is 13.9. The molecule has 0 aliphatic heterocycles. The van der Waals surface area contributed by atoms with Crippen LogP contribution < -0.4 is 0 Å². The van der Waals surface area contributed by atoms with Gasteiger partial charge in [0.15, 0.2) is 6.10 Å². The highest BCUT2D eigenvalue weighted by Gasteiger charge is 2.19. The molecule has 6 nitrogen and oxygen atoms in total. The Kier molecular flexibility index (Phi) is 60.3. The Morgan fingerprint density at radius 1 is 0.280 bits per heavy atom. The Bertz CT molecular complexity index is 1430. The Labute approximate surface area is 465 Å². The van der Waals surface area contributed by atoms with Crippen molar-refractivity contribution in [1.29, 1.82) is 0 Å². The highest BCUT2D eigenvalue weighted by Crippen LogP contribution is 2.17. The number of unbranched alkanes of at least 4 members (excludes halogenated alkanes) is 33. The zero-order chi connectivity index (χ0) is 54.3. The lowest BCUT2D eigenvalue weighted by atomic mass is 10.0. The molecule has 0 fully saturated rings. The first-order chi connectivity index (χ1) is 37.0. The molecular weight excluding hydrogens is 925 g/mol. The standard InChI is InChI=1S/C69H120O6/c1-4-7-10-13-16-19-22-25-27-29-31-33-35-37-38-40-42-44-47-50-53-56-59-62-68(71)74-65-66(64-73-67(70)61-58-55-52-49-46-24-21-18-15-12-9-6-3)75-69(72)63-60-57-54-51-48-45-43-41-39-36-34-32-30-28-26-23-20-17-14-11-8-5-2/h7,10,16,18-19,21,25,27,31,33,37-38,42,44,66H,4-6,8-9,11-15,17,20,22-24,26,28-30,32,34-36,39-41,43,45-65H2,1-3H3/b10-7-,19-16-,21-18-,27-25-,33-31-,38-37-,44-42-. The summed E-state index contributed by atoms with van der Waals surface area (Å²) < 4.78 is 16.9. The maximum Gasteiger partial charge on any atom is 0.306 e. The highest BCUT2D eigenvalue weighted by molar-refractivity contribution is 5.71. The molecule has 0 amide bonds. The maximum absolute atomic E-state index is 12.9. The molecule has 75 heavy (non-hydrogen) atoms. The van der Waals surface area contributed by atoms with Gasteiger partial charge in [-0.1, -0.05) is 286 Å². The molecule has 0 N–H and O–H groups in total. The van der Waals surface area contributed by atoms with Crippen molar-refractivity contribution in [3.8, 4) is 0 Å². The monoisotopic (exact) mass is 1040 g/mol. The first-order valence-electron chi connectivity index (χ1n) is 32.1. The van der Waals surface area contributed by atoms with E-state index in [1.54, 1.807) is 0 Å². The predicted molar refractivity (Wildman–Crippen MR) is 325 cm³/mol. The van der Waals surface area contributed by atoms with Crippen LogP contribution in [0.15, 0.2) is 85.1 Å². The van der Waals surface area contributed by atoms with Gasteiger partial charge in [0.25, 0.3) is 0 Å². The summed E-state index contributed by atoms with van der Waals surface area (Å²) in [5.41, 5.74) is 0. The Morgan fingerprint density at radius 3 is 0.853 bits per heavy atom. The zero-order valence-electron chi connectivity index (χ0n) is 49.6. The zero-order valence-corrected chi connectivity index (χ0v) is 49.6. The van der Waals surface area contributed by atoms with Crippen molar-refractivity contribution in [3.63, 3.8) is 0 Å². The predicted octanol–water partition coefficient (Wildman–Crippen LogP) is 21.9. The van der Waals surface area contributed by atoms with Crippen molar-refractivity contribution < 1.29 is 28.6 Å². The molecule has 0 aromatic heterocycles. The normalized spacial score (nSPS) is 12.6. The molecule has 0 spiro atoms. The number of esters is 3. The van der Waals surface area contributed by atoms with Crippen LogP contribution in [0.25, 0.3) is 0 Å². The molecule has 0 radical (unpaired) electrons. The molecule has 0 aliphatic carbocycles. The smallest absolute Gasteiger partial charge is 0.306 e. The van der Waals surface area contributed by atoms with Gasteiger partial charge in [-0.3, -0.25) is 14.4 Å². The van der Waals surface area contributed by atoms with Gasteiger partial charge in [-0.25, -0.2) is 0 Å². The molecule has 0 aromatic carbocycles. The summed E-state index contributed by atoms with van der Waals surface area (Å²) in [7, 11) is 0. The van der Waals surface area contributed by atoms with E-state index >= 15 is 0 Å². The van der Waals surface area contributed by atoms with Crippen LogP contribution in [0, 0.1) is 0 Å². The lowest BCUT2D eigenvalue weighted by Crippen LogP contribution is -2.30. The summed E-state index contributed by atoms with van der Waals surface area (Å²) in [4.78, 5) is 38.3. The van der Waals surface area contributed by atoms with E-state index in [1.807, 2.05) is 0 Å². The van der Waals surface area contributed by atoms with Gasteiger partial charge in [-0.2, -0.15) is 0 Å². The van der Waals surface area contributed by atoms with Gasteiger partial charge in [-0.05, 0) is 96.3 Å². The topological polar surface area (TPSA) is 78.9 Å². The quantitative estimate of drug-likeness (QED) is 0.0261. The second kappa shape index (κ2) is 63.1. The van der Waals surface area contributed by atoms with Gasteiger partial charge in [0.1, 0.15) is 13.2 Å². The molecule has 0 heterocycles. The van der Waals surface area contributed by atoms with E-state index in [2.05, 4.69) is 106 Å². The summed E-state index contributed by atoms with van der Waals surface area (Å²) in [5.74, 6) is -0.908. The number of ether oxygens (including phenoxy) is 3. The molecule has 0 aromatic rings. The fourth-order valence-corrected chi connectivity index (χ4v) is 9.09. The van der Waals surface area contributed by atoms with E-state index in [1.165, 1.54) is 161 Å². The third kappa shape index (κ3) is 61.3. The highest BCUT2D eigenvalue weighted by atomic mass is 16.6. The van der Waals surface area contributed by atoms with Gasteiger partial charge in [-0.15, -0.1) is 0 Å². The van der Waals surface area contributed by atoms with Crippen LogP contribution in [0.5, 0.6) is 0 Å². The first-order valence-corrected chi connectivity index (χ1v) is 32.1. The molecule has 0 bridgehead atoms. The number of hydrogen-bond donors (Lipinski definition) is 0. The van der Waals surface area contributed by atoms with Crippen LogP contribution in [0.4, 0.5) is 0 Å². The lowest BCUT2D eigenvalue weighted by Gasteiger charge is -2.18. The molecule has 0 saturated carbocycles. The molecule has 6 heteroatoms. The number of carbonyl (C=O) groups is 3. The molecule has 0 aliphatic rings. The van der Waals surface area contributed by atoms with Crippen LogP contribution in [0.2, 0.25) is 0 Å². The van der Waals surface area contributed by atoms with E-state index in [0.717, 1.165) is 116 Å². The Balaban J connectivity index is 4.35. The minimum absolute atomic E-state index is 0.0869. The summed E-state index contributed by atoms with van der Waals surface area (Å²) in [5, 5.41) is 0. The van der Waals surface area contributed by atoms with E-state index in [-0.39, 0.29) is 31.1 Å². The van der Waals surface area contributed by atoms with Crippen LogP contribution in [0.1, 0.15) is 316 Å². The lowest BCUT2D eigenvalue weighted by molar-refractivity contribution is -0.167. The minimum atomic E-state index is -0.790. The number of hydrogen-bond acceptors (Lipinski definition) is 6. The van der Waals surface area contributed by atoms with E-state index < -0.39 is 6.10 Å². The van der Waals surface area contributed by atoms with Crippen molar-refractivity contribution >= 4 is 17.9 Å². The molecular formula is C69H120O6. The number of carbonyl (C=O) groups excluding carboxylic acids is 3. The number of allylic oxidation sites excluding steroid dienone is 14. The fraction of sp³-hybridized carbons (Fsp3) is 0.754. The third-order valence-electron chi connectivity index (χ3n) is 13.9. The van der Waals surface area contributed by atoms with E-state index in [4.69, 9.17) is 14.2 Å². The summed E-state index contributed by atoms with van der Waals surface area (Å²) in [6, 6.07) is 0. The molecule has 432 valence electrons. The van der Waals surface area contributed by atoms with Crippen LogP contribution in [-0.4, -0.2) is 37.2 Å². The van der Waals surface area contributed by atoms with Crippen LogP contribution in [0.3, 0.4) is 0 Å². The largest absolute Gasteiger partial charge is 0.462 e. The van der Waals surface area contributed by atoms with Crippen LogP contribution >= 0.6 is 0 Å². The van der Waals surface area contributed by atoms with Crippen molar-refractivity contribution in [3.05, 3.63) is 85.1 Å². The molecule has 0 rings (SSSR count). The van der Waals surface area contributed by atoms with Crippen molar-refractivity contribution in [2.75, 3.05) is 13.2 Å². The SMILES string of the molecule is CC/C=C\C/C=C\C/C=C\C/C=C\C/C=C\C/C=C\CCCCCCC(=O)OCC(COC(=O)CCCCCCC/C=C\CCCCC)OC(=O)CCCCCCCCCCCCCCCCCCCCCCCC. The van der Waals surface area contributed by atoms with Gasteiger partial charge >= 0.3 is 17.9 Å². The van der Waals surface area contributed by atoms with Crippen LogP contribution in [-0.2, 0) is 28.6 Å². The first kappa shape index (κ1) is 71.6. The fourth-order valence-electron chi connectivity index (χ4n) is 9.09. The van der Waals surface area contributed by atoms with E-state index in [9.17, 15) is 14.4 Å². The molecule has 1 atom stereocenters. The summed E-state index contributed by atoms with van der Waals surface area (Å²) >= 11 is 0. The van der Waals surface area contributed by atoms with Crippen molar-refractivity contribution in [2.45, 2.75) is 322 Å². The Hall–Kier alpha value is -3.41. The molecule has 0 saturated heterocycles. The Morgan fingerprint density at radius 2 is 0.520 bits per heavy atom. The minimum Gasteiger partial charge on any atom is -0.462 e. The van der Waals surface area contributed by atoms with Gasteiger partial charge < -0.3 is 14.2 Å². The van der Waals surface area contributed by atoms with E-state index in [0.29, 0.717) is 19.3 Å². The summed E-state index contributed by atoms with van der Waals surface area (Å²) in [6.07, 6.45) is 83.1.